The Morgan fingerprint density at radius 1 is 1.28 bits per heavy atom. The summed E-state index contributed by atoms with van der Waals surface area (Å²) in [4.78, 5) is 10.5. The number of nitrogens with zero attached hydrogens (tertiary/aromatic N) is 3. The van der Waals surface area contributed by atoms with Crippen molar-refractivity contribution in [2.75, 3.05) is 4.90 Å². The first kappa shape index (κ1) is 11.5. The third kappa shape index (κ3) is 1.95. The van der Waals surface area contributed by atoms with Crippen molar-refractivity contribution in [3.8, 4) is 0 Å². The number of aromatic nitrogens is 2. The lowest BCUT2D eigenvalue weighted by molar-refractivity contribution is 0.613. The minimum atomic E-state index is 0.294. The zero-order chi connectivity index (χ0) is 12.5. The topological polar surface area (TPSA) is 29.0 Å². The lowest BCUT2D eigenvalue weighted by Crippen LogP contribution is -2.33. The maximum atomic E-state index is 5.89. The fraction of sp³-hybridized carbons (Fsp3) is 0.286. The molecule has 1 unspecified atom stereocenters. The zero-order valence-corrected chi connectivity index (χ0v) is 10.9. The van der Waals surface area contributed by atoms with Gasteiger partial charge in [0, 0.05) is 17.9 Å². The first-order valence-corrected chi connectivity index (χ1v) is 6.49. The molecular formula is C14H14ClN3. The summed E-state index contributed by atoms with van der Waals surface area (Å²) in [6, 6.07) is 10.8. The Labute approximate surface area is 111 Å². The standard InChI is InChI=1S/C14H14ClN3/c1-10-6-7-11-4-2-3-5-12(11)18(10)13-8-9-16-14(15)17-13/h2-5,8-10H,6-7H2,1H3. The van der Waals surface area contributed by atoms with E-state index in [-0.39, 0.29) is 0 Å². The summed E-state index contributed by atoms with van der Waals surface area (Å²) in [6.45, 7) is 2.21. The Morgan fingerprint density at radius 3 is 2.94 bits per heavy atom. The second-order valence-corrected chi connectivity index (χ2v) is 4.91. The molecule has 0 saturated heterocycles. The second-order valence-electron chi connectivity index (χ2n) is 4.57. The highest BCUT2D eigenvalue weighted by Crippen LogP contribution is 2.35. The molecular weight excluding hydrogens is 246 g/mol. The molecule has 0 saturated carbocycles. The van der Waals surface area contributed by atoms with E-state index in [1.54, 1.807) is 6.20 Å². The molecule has 1 aliphatic rings. The van der Waals surface area contributed by atoms with Crippen LogP contribution in [0.1, 0.15) is 18.9 Å². The molecule has 0 spiro atoms. The molecule has 3 nitrogen and oxygen atoms in total. The van der Waals surface area contributed by atoms with Crippen LogP contribution in [0.5, 0.6) is 0 Å². The van der Waals surface area contributed by atoms with Gasteiger partial charge in [0.05, 0.1) is 0 Å². The fourth-order valence-corrected chi connectivity index (χ4v) is 2.64. The van der Waals surface area contributed by atoms with Crippen LogP contribution in [-0.2, 0) is 6.42 Å². The highest BCUT2D eigenvalue weighted by Gasteiger charge is 2.24. The van der Waals surface area contributed by atoms with E-state index in [1.807, 2.05) is 6.07 Å². The van der Waals surface area contributed by atoms with Gasteiger partial charge in [-0.05, 0) is 49.1 Å². The Bertz CT molecular complexity index is 570. The third-order valence-corrected chi connectivity index (χ3v) is 3.56. The summed E-state index contributed by atoms with van der Waals surface area (Å²) in [6.07, 6.45) is 3.94. The van der Waals surface area contributed by atoms with Gasteiger partial charge in [0.15, 0.2) is 0 Å². The van der Waals surface area contributed by atoms with Crippen molar-refractivity contribution in [1.29, 1.82) is 0 Å². The van der Waals surface area contributed by atoms with Crippen molar-refractivity contribution in [3.63, 3.8) is 0 Å². The molecule has 18 heavy (non-hydrogen) atoms. The van der Waals surface area contributed by atoms with Gasteiger partial charge in [-0.2, -0.15) is 0 Å². The van der Waals surface area contributed by atoms with E-state index >= 15 is 0 Å². The lowest BCUT2D eigenvalue weighted by Gasteiger charge is -2.36. The minimum Gasteiger partial charge on any atom is -0.323 e. The van der Waals surface area contributed by atoms with Crippen LogP contribution in [0.25, 0.3) is 0 Å². The fourth-order valence-electron chi connectivity index (χ4n) is 2.50. The van der Waals surface area contributed by atoms with Gasteiger partial charge in [0.1, 0.15) is 5.82 Å². The van der Waals surface area contributed by atoms with Crippen molar-refractivity contribution in [2.24, 2.45) is 0 Å². The molecule has 1 aliphatic heterocycles. The highest BCUT2D eigenvalue weighted by atomic mass is 35.5. The van der Waals surface area contributed by atoms with Gasteiger partial charge in [-0.3, -0.25) is 0 Å². The van der Waals surface area contributed by atoms with E-state index < -0.39 is 0 Å². The zero-order valence-electron chi connectivity index (χ0n) is 10.2. The van der Waals surface area contributed by atoms with Crippen LogP contribution in [0.2, 0.25) is 5.28 Å². The Morgan fingerprint density at radius 2 is 2.11 bits per heavy atom. The number of hydrogen-bond acceptors (Lipinski definition) is 3. The van der Waals surface area contributed by atoms with Gasteiger partial charge >= 0.3 is 0 Å². The monoisotopic (exact) mass is 259 g/mol. The molecule has 1 aromatic carbocycles. The van der Waals surface area contributed by atoms with Gasteiger partial charge in [0.25, 0.3) is 0 Å². The van der Waals surface area contributed by atoms with Crippen molar-refractivity contribution in [1.82, 2.24) is 9.97 Å². The Kier molecular flexibility index (Phi) is 2.92. The first-order chi connectivity index (χ1) is 8.75. The third-order valence-electron chi connectivity index (χ3n) is 3.38. The maximum Gasteiger partial charge on any atom is 0.224 e. The molecule has 0 N–H and O–H groups in total. The summed E-state index contributed by atoms with van der Waals surface area (Å²) in [7, 11) is 0. The van der Waals surface area contributed by atoms with Crippen LogP contribution in [-0.4, -0.2) is 16.0 Å². The van der Waals surface area contributed by atoms with Gasteiger partial charge < -0.3 is 4.90 Å². The van der Waals surface area contributed by atoms with Gasteiger partial charge in [-0.1, -0.05) is 18.2 Å². The van der Waals surface area contributed by atoms with Crippen LogP contribution >= 0.6 is 11.6 Å². The lowest BCUT2D eigenvalue weighted by atomic mass is 9.97. The average Bonchev–Trinajstić information content (AvgIpc) is 2.38. The number of halogens is 1. The molecule has 2 heterocycles. The number of anilines is 2. The number of aryl methyl sites for hydroxylation is 1. The molecule has 0 amide bonds. The minimum absolute atomic E-state index is 0.294. The molecule has 2 aromatic rings. The molecule has 3 rings (SSSR count). The van der Waals surface area contributed by atoms with Crippen LogP contribution < -0.4 is 4.90 Å². The number of rotatable bonds is 1. The van der Waals surface area contributed by atoms with Crippen molar-refractivity contribution < 1.29 is 0 Å². The van der Waals surface area contributed by atoms with E-state index in [9.17, 15) is 0 Å². The smallest absolute Gasteiger partial charge is 0.224 e. The largest absolute Gasteiger partial charge is 0.323 e. The molecule has 0 aliphatic carbocycles. The van der Waals surface area contributed by atoms with Crippen LogP contribution in [0.3, 0.4) is 0 Å². The summed E-state index contributed by atoms with van der Waals surface area (Å²) in [5, 5.41) is 0.294. The van der Waals surface area contributed by atoms with E-state index in [1.165, 1.54) is 11.3 Å². The van der Waals surface area contributed by atoms with Crippen LogP contribution in [0, 0.1) is 0 Å². The van der Waals surface area contributed by atoms with Gasteiger partial charge in [0.2, 0.25) is 5.28 Å². The molecule has 1 aromatic heterocycles. The van der Waals surface area contributed by atoms with Crippen LogP contribution in [0.4, 0.5) is 11.5 Å². The summed E-state index contributed by atoms with van der Waals surface area (Å²) >= 11 is 5.89. The van der Waals surface area contributed by atoms with Crippen LogP contribution in [0.15, 0.2) is 36.5 Å². The quantitative estimate of drug-likeness (QED) is 0.733. The van der Waals surface area contributed by atoms with Gasteiger partial charge in [-0.15, -0.1) is 0 Å². The van der Waals surface area contributed by atoms with E-state index in [0.717, 1.165) is 18.7 Å². The number of benzene rings is 1. The Balaban J connectivity index is 2.10. The van der Waals surface area contributed by atoms with Crippen molar-refractivity contribution in [2.45, 2.75) is 25.8 Å². The molecule has 0 bridgehead atoms. The number of fused-ring (bicyclic) bond motifs is 1. The summed E-state index contributed by atoms with van der Waals surface area (Å²) < 4.78 is 0. The number of para-hydroxylation sites is 1. The van der Waals surface area contributed by atoms with E-state index in [2.05, 4.69) is 46.1 Å². The SMILES string of the molecule is CC1CCc2ccccc2N1c1ccnc(Cl)n1. The van der Waals surface area contributed by atoms with Crippen molar-refractivity contribution in [3.05, 3.63) is 47.4 Å². The maximum absolute atomic E-state index is 5.89. The van der Waals surface area contributed by atoms with E-state index in [0.29, 0.717) is 11.3 Å². The second kappa shape index (κ2) is 4.58. The molecule has 0 radical (unpaired) electrons. The predicted octanol–water partition coefficient (Wildman–Crippen LogP) is 3.60. The normalized spacial score (nSPS) is 18.6. The molecule has 4 heteroatoms. The summed E-state index contributed by atoms with van der Waals surface area (Å²) in [5.41, 5.74) is 2.59. The molecule has 0 fully saturated rings. The first-order valence-electron chi connectivity index (χ1n) is 6.11. The predicted molar refractivity (Wildman–Crippen MR) is 73.4 cm³/mol. The summed E-state index contributed by atoms with van der Waals surface area (Å²) in [5.74, 6) is 0.870. The van der Waals surface area contributed by atoms with E-state index in [4.69, 9.17) is 11.6 Å². The Hall–Kier alpha value is -1.61. The highest BCUT2D eigenvalue weighted by molar-refractivity contribution is 6.28. The molecule has 92 valence electrons. The average molecular weight is 260 g/mol. The van der Waals surface area contributed by atoms with Gasteiger partial charge in [-0.25, -0.2) is 9.97 Å². The number of hydrogen-bond donors (Lipinski definition) is 0. The molecule has 1 atom stereocenters. The van der Waals surface area contributed by atoms with Crippen molar-refractivity contribution >= 4 is 23.1 Å².